The largest absolute Gasteiger partial charge is 0.392 e. The third-order valence-electron chi connectivity index (χ3n) is 2.88. The number of hydrogen-bond acceptors (Lipinski definition) is 3. The lowest BCUT2D eigenvalue weighted by Crippen LogP contribution is -2.20. The van der Waals surface area contributed by atoms with Crippen LogP contribution in [0.4, 0.5) is 0 Å². The van der Waals surface area contributed by atoms with Crippen LogP contribution in [-0.4, -0.2) is 23.0 Å². The lowest BCUT2D eigenvalue weighted by atomic mass is 10.2. The van der Waals surface area contributed by atoms with Gasteiger partial charge < -0.3 is 10.4 Å². The van der Waals surface area contributed by atoms with Gasteiger partial charge in [-0.3, -0.25) is 0 Å². The van der Waals surface area contributed by atoms with E-state index in [9.17, 15) is 5.11 Å². The molecule has 0 aromatic heterocycles. The minimum Gasteiger partial charge on any atom is -0.392 e. The standard InChI is InChI=1S/C15H24BrNOS/c1-10(2)8-17-9-13-7-14(16)5-6-15(13)19-12(4)11(3)18/h5-7,10-12,17-18H,8-9H2,1-4H3. The lowest BCUT2D eigenvalue weighted by Gasteiger charge is -2.17. The van der Waals surface area contributed by atoms with Crippen LogP contribution in [-0.2, 0) is 6.54 Å². The van der Waals surface area contributed by atoms with Gasteiger partial charge in [0.25, 0.3) is 0 Å². The number of hydrogen-bond donors (Lipinski definition) is 2. The first-order chi connectivity index (χ1) is 8.90. The normalized spacial score (nSPS) is 14.7. The van der Waals surface area contributed by atoms with Crippen LogP contribution in [0.5, 0.6) is 0 Å². The molecular formula is C15H24BrNOS. The van der Waals surface area contributed by atoms with E-state index in [0.29, 0.717) is 5.92 Å². The minimum absolute atomic E-state index is 0.199. The van der Waals surface area contributed by atoms with Gasteiger partial charge in [0.15, 0.2) is 0 Å². The highest BCUT2D eigenvalue weighted by atomic mass is 79.9. The van der Waals surface area contributed by atoms with E-state index >= 15 is 0 Å². The fourth-order valence-electron chi connectivity index (χ4n) is 1.60. The van der Waals surface area contributed by atoms with E-state index in [4.69, 9.17) is 0 Å². The van der Waals surface area contributed by atoms with Gasteiger partial charge in [0.2, 0.25) is 0 Å². The lowest BCUT2D eigenvalue weighted by molar-refractivity contribution is 0.196. The molecule has 1 aromatic rings. The van der Waals surface area contributed by atoms with Gasteiger partial charge in [0, 0.05) is 21.2 Å². The number of nitrogens with one attached hydrogen (secondary N) is 1. The first-order valence-corrected chi connectivity index (χ1v) is 8.41. The van der Waals surface area contributed by atoms with E-state index in [2.05, 4.69) is 60.2 Å². The highest BCUT2D eigenvalue weighted by molar-refractivity contribution is 9.10. The Hall–Kier alpha value is -0.0300. The zero-order valence-electron chi connectivity index (χ0n) is 12.1. The van der Waals surface area contributed by atoms with Crippen molar-refractivity contribution >= 4 is 27.7 Å². The third-order valence-corrected chi connectivity index (χ3v) is 4.79. The van der Waals surface area contributed by atoms with E-state index in [1.807, 2.05) is 6.92 Å². The second-order valence-electron chi connectivity index (χ2n) is 5.34. The molecular weight excluding hydrogens is 322 g/mol. The van der Waals surface area contributed by atoms with Crippen LogP contribution in [0, 0.1) is 5.92 Å². The van der Waals surface area contributed by atoms with Gasteiger partial charge >= 0.3 is 0 Å². The molecule has 0 bridgehead atoms. The summed E-state index contributed by atoms with van der Waals surface area (Å²) in [5.74, 6) is 0.652. The minimum atomic E-state index is -0.301. The quantitative estimate of drug-likeness (QED) is 0.731. The summed E-state index contributed by atoms with van der Waals surface area (Å²) in [6.07, 6.45) is -0.301. The number of thioether (sulfide) groups is 1. The van der Waals surface area contributed by atoms with Crippen molar-refractivity contribution < 1.29 is 5.11 Å². The maximum absolute atomic E-state index is 9.63. The molecule has 0 aliphatic carbocycles. The van der Waals surface area contributed by atoms with Crippen molar-refractivity contribution in [1.29, 1.82) is 0 Å². The van der Waals surface area contributed by atoms with Crippen LogP contribution in [0.3, 0.4) is 0 Å². The predicted molar refractivity (Wildman–Crippen MR) is 87.7 cm³/mol. The van der Waals surface area contributed by atoms with Gasteiger partial charge in [-0.25, -0.2) is 0 Å². The molecule has 1 aromatic carbocycles. The van der Waals surface area contributed by atoms with E-state index in [0.717, 1.165) is 17.6 Å². The molecule has 0 aliphatic rings. The molecule has 0 aliphatic heterocycles. The smallest absolute Gasteiger partial charge is 0.0631 e. The molecule has 0 fully saturated rings. The van der Waals surface area contributed by atoms with Gasteiger partial charge in [0.05, 0.1) is 6.10 Å². The maximum Gasteiger partial charge on any atom is 0.0631 e. The summed E-state index contributed by atoms with van der Waals surface area (Å²) in [5, 5.41) is 13.3. The number of benzene rings is 1. The fourth-order valence-corrected chi connectivity index (χ4v) is 3.03. The molecule has 4 heteroatoms. The first kappa shape index (κ1) is 17.0. The van der Waals surface area contributed by atoms with Crippen molar-refractivity contribution in [3.63, 3.8) is 0 Å². The number of aliphatic hydroxyl groups excluding tert-OH is 1. The molecule has 2 atom stereocenters. The Bertz CT molecular complexity index is 396. The van der Waals surface area contributed by atoms with E-state index in [1.54, 1.807) is 11.8 Å². The Balaban J connectivity index is 2.73. The Morgan fingerprint density at radius 1 is 1.26 bits per heavy atom. The van der Waals surface area contributed by atoms with Crippen LogP contribution < -0.4 is 5.32 Å². The summed E-state index contributed by atoms with van der Waals surface area (Å²) in [4.78, 5) is 1.24. The molecule has 1 rings (SSSR count). The molecule has 108 valence electrons. The third kappa shape index (κ3) is 6.30. The molecule has 0 heterocycles. The van der Waals surface area contributed by atoms with Gasteiger partial charge in [0.1, 0.15) is 0 Å². The summed E-state index contributed by atoms with van der Waals surface area (Å²) in [5.41, 5.74) is 1.28. The SMILES string of the molecule is CC(C)CNCc1cc(Br)ccc1SC(C)C(C)O. The Kier molecular flexibility index (Phi) is 7.44. The maximum atomic E-state index is 9.63. The van der Waals surface area contributed by atoms with Crippen molar-refractivity contribution in [2.45, 2.75) is 50.5 Å². The number of halogens is 1. The summed E-state index contributed by atoms with van der Waals surface area (Å²) < 4.78 is 1.10. The van der Waals surface area contributed by atoms with E-state index in [1.165, 1.54) is 10.5 Å². The average Bonchev–Trinajstić information content (AvgIpc) is 2.31. The summed E-state index contributed by atoms with van der Waals surface area (Å²) in [6.45, 7) is 10.2. The van der Waals surface area contributed by atoms with E-state index in [-0.39, 0.29) is 11.4 Å². The van der Waals surface area contributed by atoms with Gasteiger partial charge in [-0.1, -0.05) is 36.7 Å². The van der Waals surface area contributed by atoms with Crippen LogP contribution in [0.1, 0.15) is 33.3 Å². The van der Waals surface area contributed by atoms with Crippen molar-refractivity contribution in [2.75, 3.05) is 6.54 Å². The first-order valence-electron chi connectivity index (χ1n) is 6.74. The van der Waals surface area contributed by atoms with Crippen LogP contribution in [0.25, 0.3) is 0 Å². The Labute approximate surface area is 129 Å². The van der Waals surface area contributed by atoms with Crippen LogP contribution >= 0.6 is 27.7 Å². The molecule has 0 saturated heterocycles. The highest BCUT2D eigenvalue weighted by Crippen LogP contribution is 2.30. The topological polar surface area (TPSA) is 32.3 Å². The van der Waals surface area contributed by atoms with Crippen molar-refractivity contribution in [1.82, 2.24) is 5.32 Å². The summed E-state index contributed by atoms with van der Waals surface area (Å²) in [6, 6.07) is 6.34. The molecule has 0 saturated carbocycles. The monoisotopic (exact) mass is 345 g/mol. The molecule has 0 radical (unpaired) electrons. The average molecular weight is 346 g/mol. The second-order valence-corrected chi connectivity index (χ2v) is 7.68. The summed E-state index contributed by atoms with van der Waals surface area (Å²) in [7, 11) is 0. The second kappa shape index (κ2) is 8.30. The number of rotatable bonds is 7. The molecule has 2 N–H and O–H groups in total. The van der Waals surface area contributed by atoms with Crippen molar-refractivity contribution in [2.24, 2.45) is 5.92 Å². The molecule has 19 heavy (non-hydrogen) atoms. The molecule has 2 nitrogen and oxygen atoms in total. The van der Waals surface area contributed by atoms with Gasteiger partial charge in [-0.15, -0.1) is 11.8 Å². The Morgan fingerprint density at radius 2 is 1.95 bits per heavy atom. The molecule has 2 unspecified atom stereocenters. The van der Waals surface area contributed by atoms with Crippen molar-refractivity contribution in [3.8, 4) is 0 Å². The van der Waals surface area contributed by atoms with E-state index < -0.39 is 0 Å². The van der Waals surface area contributed by atoms with Gasteiger partial charge in [-0.2, -0.15) is 0 Å². The highest BCUT2D eigenvalue weighted by Gasteiger charge is 2.13. The zero-order valence-corrected chi connectivity index (χ0v) is 14.5. The molecule has 0 amide bonds. The zero-order chi connectivity index (χ0) is 14.4. The van der Waals surface area contributed by atoms with Crippen molar-refractivity contribution in [3.05, 3.63) is 28.2 Å². The predicted octanol–water partition coefficient (Wildman–Crippen LogP) is 4.06. The summed E-state index contributed by atoms with van der Waals surface area (Å²) >= 11 is 5.26. The molecule has 0 spiro atoms. The van der Waals surface area contributed by atoms with Crippen LogP contribution in [0.15, 0.2) is 27.6 Å². The fraction of sp³-hybridized carbons (Fsp3) is 0.600. The van der Waals surface area contributed by atoms with Gasteiger partial charge in [-0.05, 0) is 43.1 Å². The Morgan fingerprint density at radius 3 is 2.53 bits per heavy atom. The van der Waals surface area contributed by atoms with Crippen LogP contribution in [0.2, 0.25) is 0 Å². The number of aliphatic hydroxyl groups is 1.